The zero-order valence-corrected chi connectivity index (χ0v) is 17.7. The number of anilines is 1. The lowest BCUT2D eigenvalue weighted by atomic mass is 10.0. The Morgan fingerprint density at radius 2 is 1.97 bits per heavy atom. The van der Waals surface area contributed by atoms with Crippen LogP contribution in [0.5, 0.6) is 0 Å². The van der Waals surface area contributed by atoms with E-state index in [-0.39, 0.29) is 22.2 Å². The summed E-state index contributed by atoms with van der Waals surface area (Å²) in [6.07, 6.45) is 2.19. The van der Waals surface area contributed by atoms with Crippen molar-refractivity contribution < 1.29 is 18.0 Å². The number of halogens is 4. The molecule has 0 bridgehead atoms. The Bertz CT molecular complexity index is 1480. The first kappa shape index (κ1) is 21.0. The van der Waals surface area contributed by atoms with Gasteiger partial charge in [-0.2, -0.15) is 28.5 Å². The Morgan fingerprint density at radius 3 is 2.70 bits per heavy atom. The van der Waals surface area contributed by atoms with Crippen LogP contribution in [-0.4, -0.2) is 41.1 Å². The van der Waals surface area contributed by atoms with Crippen molar-refractivity contribution in [2.24, 2.45) is 0 Å². The number of amides is 1. The van der Waals surface area contributed by atoms with Gasteiger partial charge in [-0.3, -0.25) is 14.9 Å². The number of thiophene rings is 1. The van der Waals surface area contributed by atoms with Gasteiger partial charge in [0.25, 0.3) is 5.91 Å². The third kappa shape index (κ3) is 3.81. The molecule has 9 nitrogen and oxygen atoms in total. The number of carbonyl (C=O) groups excluding carboxylic acids is 1. The maximum absolute atomic E-state index is 13.7. The van der Waals surface area contributed by atoms with Crippen LogP contribution in [0.25, 0.3) is 27.2 Å². The molecule has 0 aliphatic rings. The van der Waals surface area contributed by atoms with Gasteiger partial charge in [0.1, 0.15) is 5.69 Å². The Hall–Kier alpha value is -3.84. The molecule has 33 heavy (non-hydrogen) atoms. The predicted molar refractivity (Wildman–Crippen MR) is 114 cm³/mol. The number of aromatic amines is 1. The molecule has 0 aliphatic carbocycles. The van der Waals surface area contributed by atoms with Gasteiger partial charge in [-0.1, -0.05) is 11.6 Å². The quantitative estimate of drug-likeness (QED) is 0.381. The largest absolute Gasteiger partial charge is 0.433 e. The third-order valence-electron chi connectivity index (χ3n) is 4.60. The van der Waals surface area contributed by atoms with E-state index in [0.717, 1.165) is 4.70 Å². The molecule has 5 aromatic rings. The minimum absolute atomic E-state index is 0.0769. The van der Waals surface area contributed by atoms with Crippen molar-refractivity contribution in [3.05, 3.63) is 64.8 Å². The summed E-state index contributed by atoms with van der Waals surface area (Å²) >= 11 is 7.56. The van der Waals surface area contributed by atoms with E-state index in [4.69, 9.17) is 11.6 Å². The molecule has 0 saturated heterocycles. The first-order valence-corrected chi connectivity index (χ1v) is 10.4. The average molecular weight is 491 g/mol. The minimum Gasteiger partial charge on any atom is -0.320 e. The number of carbonyl (C=O) groups is 1. The second-order valence-electron chi connectivity index (χ2n) is 6.64. The van der Waals surface area contributed by atoms with Gasteiger partial charge in [0, 0.05) is 23.3 Å². The van der Waals surface area contributed by atoms with Crippen molar-refractivity contribution in [1.82, 2.24) is 35.2 Å². The molecule has 0 unspecified atom stereocenters. The number of pyridine rings is 2. The Morgan fingerprint density at radius 1 is 1.18 bits per heavy atom. The average Bonchev–Trinajstić information content (AvgIpc) is 3.52. The van der Waals surface area contributed by atoms with E-state index in [0.29, 0.717) is 10.9 Å². The Balaban J connectivity index is 1.56. The molecule has 0 radical (unpaired) electrons. The van der Waals surface area contributed by atoms with Gasteiger partial charge in [-0.25, -0.2) is 4.98 Å². The van der Waals surface area contributed by atoms with Crippen LogP contribution in [0, 0.1) is 0 Å². The SMILES string of the molecule is O=C(Nc1cnc(-n2nccn2)c(Cl)c1)c1c(-c2cncc3sccc23)n[nH]c1C(F)(F)F. The molecular weight excluding hydrogens is 481 g/mol. The fourth-order valence-corrected chi connectivity index (χ4v) is 4.23. The van der Waals surface area contributed by atoms with Gasteiger partial charge in [0.05, 0.1) is 39.6 Å². The highest BCUT2D eigenvalue weighted by molar-refractivity contribution is 7.17. The highest BCUT2D eigenvalue weighted by Crippen LogP contribution is 2.38. The van der Waals surface area contributed by atoms with E-state index in [1.807, 2.05) is 5.10 Å². The normalized spacial score (nSPS) is 11.8. The topological polar surface area (TPSA) is 114 Å². The second kappa shape index (κ2) is 7.94. The van der Waals surface area contributed by atoms with E-state index in [9.17, 15) is 18.0 Å². The monoisotopic (exact) mass is 490 g/mol. The molecule has 0 spiro atoms. The van der Waals surface area contributed by atoms with Crippen LogP contribution >= 0.6 is 22.9 Å². The molecule has 14 heteroatoms. The molecule has 2 N–H and O–H groups in total. The molecule has 1 amide bonds. The van der Waals surface area contributed by atoms with Crippen LogP contribution in [-0.2, 0) is 6.18 Å². The third-order valence-corrected chi connectivity index (χ3v) is 5.73. The van der Waals surface area contributed by atoms with Crippen LogP contribution in [0.3, 0.4) is 0 Å². The van der Waals surface area contributed by atoms with Gasteiger partial charge < -0.3 is 5.32 Å². The fraction of sp³-hybridized carbons (Fsp3) is 0.0526. The molecule has 5 heterocycles. The molecule has 0 atom stereocenters. The number of nitrogens with one attached hydrogen (secondary N) is 2. The van der Waals surface area contributed by atoms with Crippen LogP contribution in [0.2, 0.25) is 5.02 Å². The summed E-state index contributed by atoms with van der Waals surface area (Å²) < 4.78 is 41.8. The van der Waals surface area contributed by atoms with E-state index in [2.05, 4.69) is 30.6 Å². The lowest BCUT2D eigenvalue weighted by molar-refractivity contribution is -0.141. The predicted octanol–water partition coefficient (Wildman–Crippen LogP) is 4.59. The second-order valence-corrected chi connectivity index (χ2v) is 8.00. The minimum atomic E-state index is -4.85. The number of hydrogen-bond donors (Lipinski definition) is 2. The Labute approximate surface area is 191 Å². The zero-order valence-electron chi connectivity index (χ0n) is 16.1. The maximum atomic E-state index is 13.7. The van der Waals surface area contributed by atoms with E-state index in [1.54, 1.807) is 17.6 Å². The first-order chi connectivity index (χ1) is 15.8. The van der Waals surface area contributed by atoms with Crippen molar-refractivity contribution in [2.75, 3.05) is 5.32 Å². The molecule has 0 aliphatic heterocycles. The summed E-state index contributed by atoms with van der Waals surface area (Å²) in [5.74, 6) is -0.851. The van der Waals surface area contributed by atoms with Gasteiger partial charge in [0.15, 0.2) is 11.5 Å². The Kier molecular flexibility index (Phi) is 5.06. The van der Waals surface area contributed by atoms with E-state index in [1.165, 1.54) is 47.0 Å². The maximum Gasteiger partial charge on any atom is 0.433 e. The molecule has 5 aromatic heterocycles. The number of nitrogens with zero attached hydrogens (tertiary/aromatic N) is 6. The molecule has 166 valence electrons. The number of aromatic nitrogens is 7. The summed E-state index contributed by atoms with van der Waals surface area (Å²) in [7, 11) is 0. The van der Waals surface area contributed by atoms with Gasteiger partial charge in [-0.15, -0.1) is 16.1 Å². The van der Waals surface area contributed by atoms with Crippen LogP contribution in [0.1, 0.15) is 16.1 Å². The molecular formula is C19H10ClF3N8OS. The van der Waals surface area contributed by atoms with Crippen LogP contribution in [0.15, 0.2) is 48.5 Å². The van der Waals surface area contributed by atoms with Crippen molar-refractivity contribution in [3.8, 4) is 17.1 Å². The van der Waals surface area contributed by atoms with Gasteiger partial charge >= 0.3 is 6.18 Å². The summed E-state index contributed by atoms with van der Waals surface area (Å²) in [4.78, 5) is 22.4. The highest BCUT2D eigenvalue weighted by atomic mass is 35.5. The molecule has 0 saturated carbocycles. The van der Waals surface area contributed by atoms with Crippen molar-refractivity contribution in [1.29, 1.82) is 0 Å². The van der Waals surface area contributed by atoms with Crippen molar-refractivity contribution >= 4 is 44.6 Å². The first-order valence-electron chi connectivity index (χ1n) is 9.13. The van der Waals surface area contributed by atoms with Gasteiger partial charge in [0.2, 0.25) is 0 Å². The number of alkyl halides is 3. The number of H-pyrrole nitrogens is 1. The van der Waals surface area contributed by atoms with Crippen LogP contribution < -0.4 is 5.32 Å². The van der Waals surface area contributed by atoms with E-state index >= 15 is 0 Å². The van der Waals surface area contributed by atoms with Crippen molar-refractivity contribution in [3.63, 3.8) is 0 Å². The molecule has 0 fully saturated rings. The molecule has 5 rings (SSSR count). The smallest absolute Gasteiger partial charge is 0.320 e. The summed E-state index contributed by atoms with van der Waals surface area (Å²) in [5, 5.41) is 18.5. The molecule has 0 aromatic carbocycles. The lowest BCUT2D eigenvalue weighted by Crippen LogP contribution is -2.19. The van der Waals surface area contributed by atoms with Crippen molar-refractivity contribution in [2.45, 2.75) is 6.18 Å². The summed E-state index contributed by atoms with van der Waals surface area (Å²) in [6, 6.07) is 3.06. The van der Waals surface area contributed by atoms with Crippen LogP contribution in [0.4, 0.5) is 18.9 Å². The highest BCUT2D eigenvalue weighted by Gasteiger charge is 2.40. The summed E-state index contributed by atoms with van der Waals surface area (Å²) in [5.41, 5.74) is -1.75. The standard InChI is InChI=1S/C19H10ClF3N8OS/c20-12-5-9(6-25-17(12)31-26-2-3-27-31)28-18(32)14-15(29-30-16(14)19(21,22)23)11-7-24-8-13-10(11)1-4-33-13/h1-8H,(H,28,32)(H,29,30). The number of rotatable bonds is 4. The van der Waals surface area contributed by atoms with E-state index < -0.39 is 23.3 Å². The number of fused-ring (bicyclic) bond motifs is 1. The number of hydrogen-bond acceptors (Lipinski definition) is 7. The fourth-order valence-electron chi connectivity index (χ4n) is 3.21. The lowest BCUT2D eigenvalue weighted by Gasteiger charge is -2.11. The zero-order chi connectivity index (χ0) is 23.2. The van der Waals surface area contributed by atoms with Gasteiger partial charge in [-0.05, 0) is 17.5 Å². The summed E-state index contributed by atoms with van der Waals surface area (Å²) in [6.45, 7) is 0.